The maximum Gasteiger partial charge on any atom is 0.241 e. The summed E-state index contributed by atoms with van der Waals surface area (Å²) in [4.78, 5) is 10.4. The van der Waals surface area contributed by atoms with E-state index < -0.39 is 5.91 Å². The van der Waals surface area contributed by atoms with Crippen LogP contribution in [0.5, 0.6) is 11.5 Å². The molecule has 1 aromatic rings. The minimum absolute atomic E-state index is 0.268. The lowest BCUT2D eigenvalue weighted by Gasteiger charge is -1.96. The quantitative estimate of drug-likeness (QED) is 0.616. The Kier molecular flexibility index (Phi) is 2.91. The van der Waals surface area contributed by atoms with Gasteiger partial charge in [-0.15, -0.1) is 0 Å². The number of ether oxygens (including phenoxy) is 2. The molecule has 0 aliphatic carbocycles. The Morgan fingerprint density at radius 3 is 2.88 bits per heavy atom. The van der Waals surface area contributed by atoms with Gasteiger partial charge in [0.05, 0.1) is 0 Å². The Morgan fingerprint density at radius 1 is 1.25 bits per heavy atom. The van der Waals surface area contributed by atoms with Gasteiger partial charge in [-0.1, -0.05) is 24.3 Å². The number of carbonyl (C=O) groups excluding carboxylic acids is 1. The minimum Gasteiger partial charge on any atom is -0.454 e. The van der Waals surface area contributed by atoms with Crippen LogP contribution in [0.3, 0.4) is 0 Å². The molecule has 16 heavy (non-hydrogen) atoms. The summed E-state index contributed by atoms with van der Waals surface area (Å²) >= 11 is 0. The summed E-state index contributed by atoms with van der Waals surface area (Å²) in [6.07, 6.45) is 6.47. The van der Waals surface area contributed by atoms with Crippen molar-refractivity contribution in [2.24, 2.45) is 5.73 Å². The third-order valence-electron chi connectivity index (χ3n) is 2.06. The number of amides is 1. The van der Waals surface area contributed by atoms with Crippen molar-refractivity contribution in [2.45, 2.75) is 0 Å². The highest BCUT2D eigenvalue weighted by atomic mass is 16.7. The number of allylic oxidation sites excluding steroid dienone is 2. The van der Waals surface area contributed by atoms with Gasteiger partial charge in [-0.3, -0.25) is 4.79 Å². The van der Waals surface area contributed by atoms with Crippen LogP contribution in [-0.4, -0.2) is 12.7 Å². The van der Waals surface area contributed by atoms with Gasteiger partial charge in [0.2, 0.25) is 12.7 Å². The second kappa shape index (κ2) is 4.53. The number of rotatable bonds is 3. The summed E-state index contributed by atoms with van der Waals surface area (Å²) in [5.41, 5.74) is 5.92. The number of carbonyl (C=O) groups is 1. The molecule has 0 radical (unpaired) electrons. The fourth-order valence-corrected chi connectivity index (χ4v) is 1.33. The highest BCUT2D eigenvalue weighted by molar-refractivity contribution is 5.86. The van der Waals surface area contributed by atoms with Gasteiger partial charge in [0.15, 0.2) is 11.5 Å². The van der Waals surface area contributed by atoms with E-state index in [1.165, 1.54) is 6.08 Å². The predicted octanol–water partition coefficient (Wildman–Crippen LogP) is 1.47. The minimum atomic E-state index is -0.463. The number of hydrogen-bond acceptors (Lipinski definition) is 3. The number of fused-ring (bicyclic) bond motifs is 1. The monoisotopic (exact) mass is 217 g/mol. The average Bonchev–Trinajstić information content (AvgIpc) is 2.71. The highest BCUT2D eigenvalue weighted by Gasteiger charge is 2.11. The molecule has 4 heteroatoms. The van der Waals surface area contributed by atoms with Crippen molar-refractivity contribution in [2.75, 3.05) is 6.79 Å². The first-order valence-corrected chi connectivity index (χ1v) is 4.79. The van der Waals surface area contributed by atoms with Gasteiger partial charge in [-0.05, 0) is 17.7 Å². The molecule has 0 fully saturated rings. The molecule has 0 saturated carbocycles. The second-order valence-corrected chi connectivity index (χ2v) is 3.23. The zero-order valence-electron chi connectivity index (χ0n) is 8.55. The summed E-state index contributed by atoms with van der Waals surface area (Å²) in [5, 5.41) is 0. The lowest BCUT2D eigenvalue weighted by Crippen LogP contribution is -2.04. The van der Waals surface area contributed by atoms with E-state index in [0.717, 1.165) is 17.1 Å². The molecule has 2 rings (SSSR count). The van der Waals surface area contributed by atoms with Gasteiger partial charge < -0.3 is 15.2 Å². The van der Waals surface area contributed by atoms with E-state index in [9.17, 15) is 4.79 Å². The molecule has 0 atom stereocenters. The van der Waals surface area contributed by atoms with E-state index in [0.29, 0.717) is 0 Å². The van der Waals surface area contributed by atoms with Gasteiger partial charge in [0.1, 0.15) is 0 Å². The van der Waals surface area contributed by atoms with Crippen LogP contribution in [0.2, 0.25) is 0 Å². The van der Waals surface area contributed by atoms with Gasteiger partial charge in [0, 0.05) is 6.08 Å². The normalized spacial score (nSPS) is 13.8. The molecular weight excluding hydrogens is 206 g/mol. The van der Waals surface area contributed by atoms with Gasteiger partial charge in [-0.25, -0.2) is 0 Å². The molecule has 2 N–H and O–H groups in total. The van der Waals surface area contributed by atoms with Crippen LogP contribution in [0.4, 0.5) is 0 Å². The fraction of sp³-hybridized carbons (Fsp3) is 0.0833. The summed E-state index contributed by atoms with van der Waals surface area (Å²) in [6, 6.07) is 5.62. The van der Waals surface area contributed by atoms with Crippen molar-refractivity contribution in [3.8, 4) is 11.5 Å². The van der Waals surface area contributed by atoms with Crippen molar-refractivity contribution in [1.29, 1.82) is 0 Å². The van der Waals surface area contributed by atoms with Crippen LogP contribution in [0.25, 0.3) is 6.08 Å². The Morgan fingerprint density at radius 2 is 2.06 bits per heavy atom. The fourth-order valence-electron chi connectivity index (χ4n) is 1.33. The lowest BCUT2D eigenvalue weighted by molar-refractivity contribution is -0.113. The number of nitrogens with two attached hydrogens (primary N) is 1. The molecule has 1 heterocycles. The molecule has 0 aromatic heterocycles. The van der Waals surface area contributed by atoms with E-state index in [2.05, 4.69) is 0 Å². The Balaban J connectivity index is 2.08. The van der Waals surface area contributed by atoms with Gasteiger partial charge in [0.25, 0.3) is 0 Å². The third-order valence-corrected chi connectivity index (χ3v) is 2.06. The average molecular weight is 217 g/mol. The maximum atomic E-state index is 10.4. The van der Waals surface area contributed by atoms with E-state index in [1.807, 2.05) is 24.3 Å². The summed E-state index contributed by atoms with van der Waals surface area (Å²) in [6.45, 7) is 0.268. The predicted molar refractivity (Wildman–Crippen MR) is 59.9 cm³/mol. The van der Waals surface area contributed by atoms with Crippen LogP contribution in [0.15, 0.2) is 36.4 Å². The molecule has 0 bridgehead atoms. The Bertz CT molecular complexity index is 463. The SMILES string of the molecule is NC(=O)/C=C/C=C\c1ccc2c(c1)OCO2. The van der Waals surface area contributed by atoms with Gasteiger partial charge in [-0.2, -0.15) is 0 Å². The van der Waals surface area contributed by atoms with E-state index >= 15 is 0 Å². The van der Waals surface area contributed by atoms with Crippen molar-refractivity contribution in [3.63, 3.8) is 0 Å². The van der Waals surface area contributed by atoms with Crippen LogP contribution >= 0.6 is 0 Å². The van der Waals surface area contributed by atoms with Crippen molar-refractivity contribution in [1.82, 2.24) is 0 Å². The Hall–Kier alpha value is -2.23. The van der Waals surface area contributed by atoms with E-state index in [-0.39, 0.29) is 6.79 Å². The molecule has 0 saturated heterocycles. The third kappa shape index (κ3) is 2.42. The zero-order chi connectivity index (χ0) is 11.4. The summed E-state index contributed by atoms with van der Waals surface area (Å²) in [7, 11) is 0. The highest BCUT2D eigenvalue weighted by Crippen LogP contribution is 2.32. The zero-order valence-corrected chi connectivity index (χ0v) is 8.55. The van der Waals surface area contributed by atoms with Crippen molar-refractivity contribution < 1.29 is 14.3 Å². The van der Waals surface area contributed by atoms with E-state index in [1.54, 1.807) is 12.2 Å². The van der Waals surface area contributed by atoms with Crippen LogP contribution < -0.4 is 15.2 Å². The number of primary amides is 1. The number of hydrogen-bond donors (Lipinski definition) is 1. The standard InChI is InChI=1S/C12H11NO3/c13-12(14)4-2-1-3-9-5-6-10-11(7-9)16-8-15-10/h1-7H,8H2,(H2,13,14)/b3-1-,4-2+. The van der Waals surface area contributed by atoms with Crippen molar-refractivity contribution >= 4 is 12.0 Å². The molecule has 1 aliphatic heterocycles. The Labute approximate surface area is 93.0 Å². The molecular formula is C12H11NO3. The maximum absolute atomic E-state index is 10.4. The smallest absolute Gasteiger partial charge is 0.241 e. The molecule has 1 amide bonds. The van der Waals surface area contributed by atoms with E-state index in [4.69, 9.17) is 15.2 Å². The summed E-state index contributed by atoms with van der Waals surface area (Å²) in [5.74, 6) is 1.03. The summed E-state index contributed by atoms with van der Waals surface area (Å²) < 4.78 is 10.4. The van der Waals surface area contributed by atoms with Gasteiger partial charge >= 0.3 is 0 Å². The molecule has 1 aromatic carbocycles. The van der Waals surface area contributed by atoms with Crippen LogP contribution in [0, 0.1) is 0 Å². The second-order valence-electron chi connectivity index (χ2n) is 3.23. The first-order valence-electron chi connectivity index (χ1n) is 4.79. The molecule has 1 aliphatic rings. The molecule has 0 spiro atoms. The van der Waals surface area contributed by atoms with Crippen molar-refractivity contribution in [3.05, 3.63) is 42.0 Å². The molecule has 4 nitrogen and oxygen atoms in total. The van der Waals surface area contributed by atoms with Crippen LogP contribution in [-0.2, 0) is 4.79 Å². The molecule has 0 unspecified atom stereocenters. The first kappa shape index (κ1) is 10.3. The topological polar surface area (TPSA) is 61.6 Å². The van der Waals surface area contributed by atoms with Crippen LogP contribution in [0.1, 0.15) is 5.56 Å². The lowest BCUT2D eigenvalue weighted by atomic mass is 10.2. The largest absolute Gasteiger partial charge is 0.454 e. The first-order chi connectivity index (χ1) is 7.75. The molecule has 82 valence electrons. The number of benzene rings is 1.